The molecular weight excluding hydrogens is 402 g/mol. The fourth-order valence-electron chi connectivity index (χ4n) is 3.29. The predicted octanol–water partition coefficient (Wildman–Crippen LogP) is 3.10. The van der Waals surface area contributed by atoms with Crippen LogP contribution >= 0.6 is 0 Å². The molecule has 1 aliphatic heterocycles. The lowest BCUT2D eigenvalue weighted by molar-refractivity contribution is -0.118. The number of fused-ring (bicyclic) bond motifs is 1. The Morgan fingerprint density at radius 2 is 1.93 bits per heavy atom. The van der Waals surface area contributed by atoms with E-state index in [0.717, 1.165) is 12.0 Å². The number of nitrogens with two attached hydrogens (primary N) is 1. The van der Waals surface area contributed by atoms with Crippen molar-refractivity contribution >= 4 is 33.2 Å². The lowest BCUT2D eigenvalue weighted by atomic mass is 10.2. The Bertz CT molecular complexity index is 1060. The van der Waals surface area contributed by atoms with E-state index >= 15 is 0 Å². The fraction of sp³-hybridized carbons (Fsp3) is 0.429. The lowest BCUT2D eigenvalue weighted by Crippen LogP contribution is -2.27. The minimum atomic E-state index is -3.17. The molecule has 2 amide bonds. The van der Waals surface area contributed by atoms with E-state index in [-0.39, 0.29) is 35.5 Å². The number of aromatic nitrogens is 2. The molecule has 0 radical (unpaired) electrons. The highest BCUT2D eigenvalue weighted by molar-refractivity contribution is 7.93. The van der Waals surface area contributed by atoms with Gasteiger partial charge in [0.2, 0.25) is 11.1 Å². The number of nitrogens with zero attached hydrogens (tertiary/aromatic N) is 4. The monoisotopic (exact) mass is 429 g/mol. The molecule has 1 aromatic carbocycles. The van der Waals surface area contributed by atoms with Gasteiger partial charge in [0.05, 0.1) is 13.0 Å². The number of hydrogen-bond donors (Lipinski definition) is 1. The number of hydrogen-bond acceptors (Lipinski definition) is 6. The third-order valence-electron chi connectivity index (χ3n) is 4.82. The Morgan fingerprint density at radius 1 is 1.20 bits per heavy atom. The second-order valence-corrected chi connectivity index (χ2v) is 9.51. The highest BCUT2D eigenvalue weighted by Crippen LogP contribution is 2.33. The zero-order valence-electron chi connectivity index (χ0n) is 17.3. The molecule has 0 saturated heterocycles. The number of carbonyl (C=O) groups is 2. The van der Waals surface area contributed by atoms with E-state index in [1.165, 1.54) is 4.90 Å². The molecule has 1 aliphatic rings. The van der Waals surface area contributed by atoms with Crippen LogP contribution in [0.5, 0.6) is 0 Å². The predicted molar refractivity (Wildman–Crippen MR) is 116 cm³/mol. The van der Waals surface area contributed by atoms with E-state index in [1.807, 2.05) is 44.2 Å². The molecule has 1 aromatic heterocycles. The van der Waals surface area contributed by atoms with Crippen LogP contribution in [0.15, 0.2) is 39.9 Å². The summed E-state index contributed by atoms with van der Waals surface area (Å²) in [6.07, 6.45) is 2.38. The number of benzene rings is 1. The molecular formula is C21H27N5O3S. The van der Waals surface area contributed by atoms with Gasteiger partial charge in [-0.15, -0.1) is 0 Å². The first-order chi connectivity index (χ1) is 14.4. The Hall–Kier alpha value is -2.81. The minimum Gasteiger partial charge on any atom is -0.383 e. The van der Waals surface area contributed by atoms with Crippen molar-refractivity contribution in [2.75, 3.05) is 16.4 Å². The molecule has 2 aromatic rings. The molecule has 0 saturated carbocycles. The first-order valence-corrected chi connectivity index (χ1v) is 11.8. The van der Waals surface area contributed by atoms with Gasteiger partial charge < -0.3 is 5.73 Å². The van der Waals surface area contributed by atoms with Crippen molar-refractivity contribution in [1.82, 2.24) is 9.97 Å². The summed E-state index contributed by atoms with van der Waals surface area (Å²) in [5, 5.41) is -0.0711. The average Bonchev–Trinajstić information content (AvgIpc) is 3.03. The van der Waals surface area contributed by atoms with Crippen LogP contribution in [0.2, 0.25) is 0 Å². The topological polar surface area (TPSA) is 119 Å². The van der Waals surface area contributed by atoms with Gasteiger partial charge in [-0.3, -0.25) is 14.5 Å². The molecule has 0 spiro atoms. The SMILES string of the molecule is CCCCC(=O)N=S(=O)(CCC)c1nc(N)c2c(n1)N(Cc1ccccc1)C(=O)C2. The number of unbranched alkanes of at least 4 members (excludes halogenated alkanes) is 1. The van der Waals surface area contributed by atoms with Gasteiger partial charge in [0, 0.05) is 17.7 Å². The smallest absolute Gasteiger partial charge is 0.254 e. The number of amides is 2. The van der Waals surface area contributed by atoms with Crippen LogP contribution in [0.25, 0.3) is 0 Å². The minimum absolute atomic E-state index is 0.0711. The van der Waals surface area contributed by atoms with Crippen molar-refractivity contribution in [3.63, 3.8) is 0 Å². The molecule has 1 atom stereocenters. The molecule has 1 unspecified atom stereocenters. The molecule has 9 heteroatoms. The lowest BCUT2D eigenvalue weighted by Gasteiger charge is -2.18. The van der Waals surface area contributed by atoms with Crippen molar-refractivity contribution in [3.05, 3.63) is 41.5 Å². The maximum absolute atomic E-state index is 13.6. The molecule has 2 heterocycles. The van der Waals surface area contributed by atoms with Gasteiger partial charge in [-0.05, 0) is 18.4 Å². The number of nitrogen functional groups attached to an aromatic ring is 1. The van der Waals surface area contributed by atoms with E-state index in [9.17, 15) is 13.8 Å². The quantitative estimate of drug-likeness (QED) is 0.644. The molecule has 0 bridgehead atoms. The summed E-state index contributed by atoms with van der Waals surface area (Å²) in [6, 6.07) is 9.52. The van der Waals surface area contributed by atoms with E-state index in [1.54, 1.807) is 0 Å². The molecule has 8 nitrogen and oxygen atoms in total. The van der Waals surface area contributed by atoms with Gasteiger partial charge in [-0.1, -0.05) is 50.6 Å². The van der Waals surface area contributed by atoms with Crippen molar-refractivity contribution in [1.29, 1.82) is 0 Å². The van der Waals surface area contributed by atoms with E-state index in [4.69, 9.17) is 5.73 Å². The third kappa shape index (κ3) is 4.67. The molecule has 30 heavy (non-hydrogen) atoms. The second-order valence-electron chi connectivity index (χ2n) is 7.27. The number of carbonyl (C=O) groups excluding carboxylic acids is 2. The van der Waals surface area contributed by atoms with Crippen molar-refractivity contribution in [2.24, 2.45) is 4.36 Å². The van der Waals surface area contributed by atoms with Gasteiger partial charge in [0.1, 0.15) is 21.4 Å². The Labute approximate surface area is 177 Å². The molecule has 3 rings (SSSR count). The molecule has 0 aliphatic carbocycles. The second kappa shape index (κ2) is 9.34. The first kappa shape index (κ1) is 21.9. The first-order valence-electron chi connectivity index (χ1n) is 10.2. The highest BCUT2D eigenvalue weighted by atomic mass is 32.2. The Morgan fingerprint density at radius 3 is 2.60 bits per heavy atom. The van der Waals surface area contributed by atoms with Crippen LogP contribution in [-0.2, 0) is 32.3 Å². The number of rotatable bonds is 8. The van der Waals surface area contributed by atoms with Crippen LogP contribution in [0, 0.1) is 0 Å². The van der Waals surface area contributed by atoms with Crippen molar-refractivity contribution in [2.45, 2.75) is 57.7 Å². The fourth-order valence-corrected chi connectivity index (χ4v) is 5.09. The average molecular weight is 430 g/mol. The van der Waals surface area contributed by atoms with Gasteiger partial charge in [-0.25, -0.2) is 14.2 Å². The van der Waals surface area contributed by atoms with Crippen LogP contribution < -0.4 is 10.6 Å². The summed E-state index contributed by atoms with van der Waals surface area (Å²) in [6.45, 7) is 4.15. The summed E-state index contributed by atoms with van der Waals surface area (Å²) in [7, 11) is -3.17. The van der Waals surface area contributed by atoms with Crippen LogP contribution in [0.4, 0.5) is 11.6 Å². The summed E-state index contributed by atoms with van der Waals surface area (Å²) < 4.78 is 17.6. The van der Waals surface area contributed by atoms with E-state index < -0.39 is 15.6 Å². The van der Waals surface area contributed by atoms with Gasteiger partial charge in [0.15, 0.2) is 0 Å². The maximum Gasteiger partial charge on any atom is 0.254 e. The number of anilines is 2. The van der Waals surface area contributed by atoms with Crippen molar-refractivity contribution in [3.8, 4) is 0 Å². The highest BCUT2D eigenvalue weighted by Gasteiger charge is 2.33. The summed E-state index contributed by atoms with van der Waals surface area (Å²) in [5.41, 5.74) is 7.57. The maximum atomic E-state index is 13.6. The zero-order valence-corrected chi connectivity index (χ0v) is 18.2. The molecule has 2 N–H and O–H groups in total. The van der Waals surface area contributed by atoms with Crippen LogP contribution in [0.1, 0.15) is 50.7 Å². The van der Waals surface area contributed by atoms with Crippen molar-refractivity contribution < 1.29 is 13.8 Å². The summed E-state index contributed by atoms with van der Waals surface area (Å²) in [5.74, 6) is 0.0425. The van der Waals surface area contributed by atoms with Gasteiger partial charge in [-0.2, -0.15) is 4.36 Å². The normalized spacial score (nSPS) is 15.0. The molecule has 0 fully saturated rings. The standard InChI is InChI=1S/C21H27N5O3S/c1-3-5-11-17(27)25-30(29,12-4-2)21-23-19(22)16-13-18(28)26(20(16)24-21)14-15-9-7-6-8-10-15/h6-10H,3-5,11-14H2,1-2H3,(H2,22,23,24). The summed E-state index contributed by atoms with van der Waals surface area (Å²) >= 11 is 0. The molecule has 160 valence electrons. The van der Waals surface area contributed by atoms with Gasteiger partial charge >= 0.3 is 0 Å². The zero-order chi connectivity index (χ0) is 21.7. The summed E-state index contributed by atoms with van der Waals surface area (Å²) in [4.78, 5) is 35.1. The van der Waals surface area contributed by atoms with Crippen LogP contribution in [-0.4, -0.2) is 31.7 Å². The largest absolute Gasteiger partial charge is 0.383 e. The van der Waals surface area contributed by atoms with Crippen LogP contribution in [0.3, 0.4) is 0 Å². The Balaban J connectivity index is 2.04. The van der Waals surface area contributed by atoms with E-state index in [0.29, 0.717) is 30.8 Å². The third-order valence-corrected chi connectivity index (χ3v) is 7.04. The van der Waals surface area contributed by atoms with Gasteiger partial charge in [0.25, 0.3) is 5.91 Å². The van der Waals surface area contributed by atoms with E-state index in [2.05, 4.69) is 14.3 Å². The Kier molecular flexibility index (Phi) is 6.81.